The number of hydrogen-bond acceptors (Lipinski definition) is 6. The highest BCUT2D eigenvalue weighted by molar-refractivity contribution is 7.22. The van der Waals surface area contributed by atoms with Gasteiger partial charge in [-0.2, -0.15) is 0 Å². The Hall–Kier alpha value is -3.23. The summed E-state index contributed by atoms with van der Waals surface area (Å²) < 4.78 is 1.06. The van der Waals surface area contributed by atoms with E-state index in [2.05, 4.69) is 40.7 Å². The van der Waals surface area contributed by atoms with Crippen LogP contribution in [0, 0.1) is 6.92 Å². The first-order valence-electron chi connectivity index (χ1n) is 13.8. The number of likely N-dealkylation sites (tertiary alicyclic amines) is 1. The summed E-state index contributed by atoms with van der Waals surface area (Å²) in [6.07, 6.45) is 4.01. The van der Waals surface area contributed by atoms with E-state index in [1.54, 1.807) is 17.4 Å². The average molecular weight is 542 g/mol. The van der Waals surface area contributed by atoms with Gasteiger partial charge in [0.15, 0.2) is 0 Å². The smallest absolute Gasteiger partial charge is 0.241 e. The van der Waals surface area contributed by atoms with Crippen LogP contribution < -0.4 is 10.6 Å². The number of benzene rings is 3. The number of phenolic OH excluding ortho intramolecular Hbond substituents is 1. The largest absolute Gasteiger partial charge is 0.508 e. The van der Waals surface area contributed by atoms with Gasteiger partial charge in [-0.25, -0.2) is 0 Å². The second-order valence-electron chi connectivity index (χ2n) is 10.9. The number of carbonyl (C=O) groups is 1. The van der Waals surface area contributed by atoms with Crippen LogP contribution in [0.5, 0.6) is 5.75 Å². The molecular formula is C32H35N3O3S. The van der Waals surface area contributed by atoms with Crippen molar-refractivity contribution in [3.05, 3.63) is 82.9 Å². The van der Waals surface area contributed by atoms with Gasteiger partial charge < -0.3 is 15.5 Å². The first-order chi connectivity index (χ1) is 18.9. The van der Waals surface area contributed by atoms with Gasteiger partial charge in [-0.05, 0) is 116 Å². The zero-order chi connectivity index (χ0) is 26.9. The Morgan fingerprint density at radius 2 is 1.85 bits per heavy atom. The van der Waals surface area contributed by atoms with E-state index < -0.39 is 6.23 Å². The molecule has 202 valence electrons. The number of anilines is 1. The standard InChI is InChI=1S/C32H35N3O3S/c1-20-16-21(4-5-23(20)19-35-14-2-3-15-35)17-27-26-11-10-25(36)18-29(26)39-31(27)22-6-8-24(9-7-22)33-32(38)28-12-13-30(37)34-28/h4-11,16,18,28,30,34,36-37H,2-3,12-15,17,19H2,1H3,(H,33,38)/t28-,30-/m1/s1. The highest BCUT2D eigenvalue weighted by Gasteiger charge is 2.27. The highest BCUT2D eigenvalue weighted by atomic mass is 32.1. The van der Waals surface area contributed by atoms with Crippen LogP contribution in [-0.2, 0) is 17.8 Å². The first-order valence-corrected chi connectivity index (χ1v) is 14.6. The van der Waals surface area contributed by atoms with Crippen molar-refractivity contribution in [2.24, 2.45) is 0 Å². The van der Waals surface area contributed by atoms with Crippen LogP contribution in [0.3, 0.4) is 0 Å². The molecule has 39 heavy (non-hydrogen) atoms. The molecule has 4 N–H and O–H groups in total. The van der Waals surface area contributed by atoms with Gasteiger partial charge in [0.2, 0.25) is 5.91 Å². The first kappa shape index (κ1) is 26.0. The molecule has 2 fully saturated rings. The molecule has 1 amide bonds. The Morgan fingerprint density at radius 1 is 1.05 bits per heavy atom. The monoisotopic (exact) mass is 541 g/mol. The molecule has 0 spiro atoms. The summed E-state index contributed by atoms with van der Waals surface area (Å²) in [5.41, 5.74) is 7.09. The van der Waals surface area contributed by atoms with Crippen LogP contribution in [0.4, 0.5) is 5.69 Å². The summed E-state index contributed by atoms with van der Waals surface area (Å²) in [5, 5.41) is 26.8. The van der Waals surface area contributed by atoms with Crippen LogP contribution in [-0.4, -0.2) is 46.4 Å². The van der Waals surface area contributed by atoms with E-state index in [1.807, 2.05) is 36.4 Å². The van der Waals surface area contributed by atoms with Gasteiger partial charge in [0.05, 0.1) is 6.04 Å². The number of thiophene rings is 1. The number of rotatable bonds is 7. The number of aromatic hydroxyl groups is 1. The molecule has 2 atom stereocenters. The zero-order valence-electron chi connectivity index (χ0n) is 22.2. The number of carbonyl (C=O) groups excluding carboxylic acids is 1. The summed E-state index contributed by atoms with van der Waals surface area (Å²) in [5.74, 6) is 0.147. The maximum atomic E-state index is 12.6. The Kier molecular flexibility index (Phi) is 7.40. The Labute approximate surface area is 233 Å². The maximum Gasteiger partial charge on any atom is 0.241 e. The van der Waals surface area contributed by atoms with Crippen molar-refractivity contribution >= 4 is 33.0 Å². The highest BCUT2D eigenvalue weighted by Crippen LogP contribution is 2.41. The van der Waals surface area contributed by atoms with Gasteiger partial charge in [0.25, 0.3) is 0 Å². The molecule has 0 unspecified atom stereocenters. The van der Waals surface area contributed by atoms with E-state index in [4.69, 9.17) is 0 Å². The summed E-state index contributed by atoms with van der Waals surface area (Å²) in [6, 6.07) is 20.1. The fourth-order valence-corrected chi connectivity index (χ4v) is 7.10. The number of nitrogens with zero attached hydrogens (tertiary/aromatic N) is 1. The number of amides is 1. The van der Waals surface area contributed by atoms with E-state index in [1.165, 1.54) is 53.1 Å². The molecule has 6 rings (SSSR count). The van der Waals surface area contributed by atoms with Crippen LogP contribution in [0.1, 0.15) is 47.9 Å². The number of fused-ring (bicyclic) bond motifs is 1. The van der Waals surface area contributed by atoms with Crippen molar-refractivity contribution in [1.82, 2.24) is 10.2 Å². The van der Waals surface area contributed by atoms with Crippen molar-refractivity contribution in [3.63, 3.8) is 0 Å². The minimum absolute atomic E-state index is 0.124. The molecule has 0 saturated carbocycles. The van der Waals surface area contributed by atoms with E-state index >= 15 is 0 Å². The molecule has 2 aliphatic rings. The van der Waals surface area contributed by atoms with Crippen molar-refractivity contribution in [1.29, 1.82) is 0 Å². The van der Waals surface area contributed by atoms with Gasteiger partial charge in [-0.15, -0.1) is 11.3 Å². The molecule has 2 saturated heterocycles. The molecule has 1 aromatic heterocycles. The van der Waals surface area contributed by atoms with E-state index in [9.17, 15) is 15.0 Å². The minimum Gasteiger partial charge on any atom is -0.508 e. The third-order valence-corrected chi connectivity index (χ3v) is 9.25. The summed E-state index contributed by atoms with van der Waals surface area (Å²) >= 11 is 1.69. The average Bonchev–Trinajstić information content (AvgIpc) is 3.67. The normalized spacial score (nSPS) is 19.6. The molecule has 3 heterocycles. The van der Waals surface area contributed by atoms with Crippen molar-refractivity contribution in [2.75, 3.05) is 18.4 Å². The van der Waals surface area contributed by atoms with Crippen molar-refractivity contribution < 1.29 is 15.0 Å². The molecular weight excluding hydrogens is 506 g/mol. The van der Waals surface area contributed by atoms with Crippen LogP contribution in [0.25, 0.3) is 20.5 Å². The molecule has 3 aromatic carbocycles. The third-order valence-electron chi connectivity index (χ3n) is 8.01. The Balaban J connectivity index is 1.26. The lowest BCUT2D eigenvalue weighted by atomic mass is 9.96. The number of aryl methyl sites for hydroxylation is 1. The van der Waals surface area contributed by atoms with Crippen molar-refractivity contribution in [2.45, 2.75) is 57.8 Å². The van der Waals surface area contributed by atoms with Gasteiger partial charge in [0.1, 0.15) is 12.0 Å². The fourth-order valence-electron chi connectivity index (χ4n) is 5.84. The molecule has 0 bridgehead atoms. The van der Waals surface area contributed by atoms with Gasteiger partial charge in [0, 0.05) is 21.8 Å². The fraction of sp³-hybridized carbons (Fsp3) is 0.344. The second-order valence-corrected chi connectivity index (χ2v) is 11.9. The predicted octanol–water partition coefficient (Wildman–Crippen LogP) is 5.78. The molecule has 7 heteroatoms. The topological polar surface area (TPSA) is 84.8 Å². The molecule has 0 aliphatic carbocycles. The molecule has 4 aromatic rings. The molecule has 2 aliphatic heterocycles. The number of aliphatic hydroxyl groups is 1. The number of nitrogens with one attached hydrogen (secondary N) is 2. The number of phenols is 1. The van der Waals surface area contributed by atoms with Crippen LogP contribution in [0.15, 0.2) is 60.7 Å². The second kappa shape index (κ2) is 11.1. The van der Waals surface area contributed by atoms with Crippen molar-refractivity contribution in [3.8, 4) is 16.2 Å². The Morgan fingerprint density at radius 3 is 2.56 bits per heavy atom. The lowest BCUT2D eigenvalue weighted by Crippen LogP contribution is -2.38. The van der Waals surface area contributed by atoms with Crippen LogP contribution in [0.2, 0.25) is 0 Å². The quantitative estimate of drug-likeness (QED) is 0.238. The SMILES string of the molecule is Cc1cc(Cc2c(-c3ccc(NC(=O)[C@H]4CC[C@@H](O)N4)cc3)sc3cc(O)ccc23)ccc1CN1CCCC1. The van der Waals surface area contributed by atoms with Gasteiger partial charge >= 0.3 is 0 Å². The Bertz CT molecular complexity index is 1490. The summed E-state index contributed by atoms with van der Waals surface area (Å²) in [6.45, 7) is 5.63. The van der Waals surface area contributed by atoms with E-state index in [0.717, 1.165) is 34.3 Å². The van der Waals surface area contributed by atoms with Gasteiger partial charge in [-0.1, -0.05) is 30.3 Å². The predicted molar refractivity (Wildman–Crippen MR) is 158 cm³/mol. The summed E-state index contributed by atoms with van der Waals surface area (Å²) in [4.78, 5) is 16.3. The molecule has 6 nitrogen and oxygen atoms in total. The lowest BCUT2D eigenvalue weighted by molar-refractivity contribution is -0.118. The minimum atomic E-state index is -0.612. The number of aliphatic hydroxyl groups excluding tert-OH is 1. The van der Waals surface area contributed by atoms with E-state index in [-0.39, 0.29) is 17.7 Å². The lowest BCUT2D eigenvalue weighted by Gasteiger charge is -2.17. The zero-order valence-corrected chi connectivity index (χ0v) is 23.1. The van der Waals surface area contributed by atoms with Gasteiger partial charge in [-0.3, -0.25) is 15.0 Å². The molecule has 0 radical (unpaired) electrons. The van der Waals surface area contributed by atoms with Crippen LogP contribution >= 0.6 is 11.3 Å². The third kappa shape index (κ3) is 5.72. The van der Waals surface area contributed by atoms with E-state index in [0.29, 0.717) is 12.8 Å². The maximum absolute atomic E-state index is 12.6. The summed E-state index contributed by atoms with van der Waals surface area (Å²) in [7, 11) is 0. The number of hydrogen-bond donors (Lipinski definition) is 4.